The van der Waals surface area contributed by atoms with Gasteiger partial charge in [0.05, 0.1) is 10.7 Å². The van der Waals surface area contributed by atoms with Crippen LogP contribution in [0.2, 0.25) is 0 Å². The molecule has 1 aliphatic rings. The maximum atomic E-state index is 9.11. The molecule has 1 fully saturated rings. The van der Waals surface area contributed by atoms with Gasteiger partial charge in [0.15, 0.2) is 0 Å². The van der Waals surface area contributed by atoms with Crippen LogP contribution in [0.3, 0.4) is 0 Å². The van der Waals surface area contributed by atoms with Crippen molar-refractivity contribution in [2.75, 3.05) is 5.75 Å². The molecule has 0 aromatic carbocycles. The maximum absolute atomic E-state index is 9.11. The van der Waals surface area contributed by atoms with E-state index in [0.29, 0.717) is 5.75 Å². The second kappa shape index (κ2) is 3.32. The Kier molecular flexibility index (Phi) is 2.88. The summed E-state index contributed by atoms with van der Waals surface area (Å²) in [5.41, 5.74) is 0. The van der Waals surface area contributed by atoms with E-state index in [1.165, 1.54) is 11.8 Å². The van der Waals surface area contributed by atoms with Crippen molar-refractivity contribution in [1.82, 2.24) is 0 Å². The van der Waals surface area contributed by atoms with Crippen molar-refractivity contribution in [3.05, 3.63) is 0 Å². The third-order valence-corrected chi connectivity index (χ3v) is 3.38. The van der Waals surface area contributed by atoms with Gasteiger partial charge in [0.1, 0.15) is 12.2 Å². The molecule has 60 valence electrons. The summed E-state index contributed by atoms with van der Waals surface area (Å²) < 4.78 is -0.279. The van der Waals surface area contributed by atoms with Gasteiger partial charge in [-0.05, 0) is 0 Å². The van der Waals surface area contributed by atoms with Crippen molar-refractivity contribution in [2.24, 2.45) is 0 Å². The minimum absolute atomic E-state index is 0.279. The molecule has 3 nitrogen and oxygen atoms in total. The first-order valence-corrected chi connectivity index (χ1v) is 4.53. The van der Waals surface area contributed by atoms with Gasteiger partial charge in [-0.25, -0.2) is 0 Å². The molecule has 1 rings (SSSR count). The summed E-state index contributed by atoms with van der Waals surface area (Å²) in [6, 6.07) is 0. The number of aliphatic hydroxyl groups excluding tert-OH is 3. The van der Waals surface area contributed by atoms with Crippen LogP contribution in [-0.4, -0.2) is 44.0 Å². The van der Waals surface area contributed by atoms with Gasteiger partial charge in [-0.1, -0.05) is 0 Å². The highest BCUT2D eigenvalue weighted by Gasteiger charge is 2.34. The van der Waals surface area contributed by atoms with Gasteiger partial charge >= 0.3 is 0 Å². The second-order valence-corrected chi connectivity index (χ2v) is 4.35. The first kappa shape index (κ1) is 8.67. The standard InChI is InChI=1S/C5H10O3S2/c6-2-1-10-5(9)4(8)3(2)7/h2-9H,1H2/t2-,3-,4+,5+/m1/s1. The average Bonchev–Trinajstić information content (AvgIpc) is 1.93. The van der Waals surface area contributed by atoms with E-state index in [1.807, 2.05) is 0 Å². The van der Waals surface area contributed by atoms with E-state index < -0.39 is 18.3 Å². The van der Waals surface area contributed by atoms with E-state index in [4.69, 9.17) is 15.3 Å². The molecule has 0 amide bonds. The fourth-order valence-electron chi connectivity index (χ4n) is 0.791. The van der Waals surface area contributed by atoms with Crippen LogP contribution >= 0.6 is 24.4 Å². The summed E-state index contributed by atoms with van der Waals surface area (Å²) in [5.74, 6) is 0.437. The van der Waals surface area contributed by atoms with Crippen molar-refractivity contribution in [2.45, 2.75) is 22.9 Å². The Morgan fingerprint density at radius 2 is 1.80 bits per heavy atom. The van der Waals surface area contributed by atoms with Gasteiger partial charge in [0, 0.05) is 5.75 Å². The lowest BCUT2D eigenvalue weighted by molar-refractivity contribution is -0.0472. The molecule has 0 bridgehead atoms. The van der Waals surface area contributed by atoms with Crippen molar-refractivity contribution in [3.63, 3.8) is 0 Å². The molecule has 1 saturated heterocycles. The summed E-state index contributed by atoms with van der Waals surface area (Å²) in [6.45, 7) is 0. The summed E-state index contributed by atoms with van der Waals surface area (Å²) in [7, 11) is 0. The van der Waals surface area contributed by atoms with E-state index in [-0.39, 0.29) is 4.58 Å². The summed E-state index contributed by atoms with van der Waals surface area (Å²) in [6.07, 6.45) is -2.77. The second-order valence-electron chi connectivity index (χ2n) is 2.27. The molecule has 0 aliphatic carbocycles. The average molecular weight is 182 g/mol. The lowest BCUT2D eigenvalue weighted by Gasteiger charge is -2.31. The van der Waals surface area contributed by atoms with Crippen molar-refractivity contribution in [1.29, 1.82) is 0 Å². The zero-order chi connectivity index (χ0) is 7.72. The predicted molar refractivity (Wildman–Crippen MR) is 43.3 cm³/mol. The molecule has 0 unspecified atom stereocenters. The molecule has 0 aromatic rings. The van der Waals surface area contributed by atoms with Crippen LogP contribution in [0, 0.1) is 0 Å². The van der Waals surface area contributed by atoms with Gasteiger partial charge in [-0.15, -0.1) is 11.8 Å². The van der Waals surface area contributed by atoms with Crippen LogP contribution in [0.1, 0.15) is 0 Å². The van der Waals surface area contributed by atoms with E-state index in [9.17, 15) is 0 Å². The number of hydrogen-bond donors (Lipinski definition) is 4. The van der Waals surface area contributed by atoms with Crippen LogP contribution in [0.25, 0.3) is 0 Å². The quantitative estimate of drug-likeness (QED) is 0.366. The summed E-state index contributed by atoms with van der Waals surface area (Å²) in [5, 5.41) is 27.2. The molecule has 5 heteroatoms. The van der Waals surface area contributed by atoms with Gasteiger partial charge < -0.3 is 15.3 Å². The van der Waals surface area contributed by atoms with Gasteiger partial charge in [-0.3, -0.25) is 0 Å². The minimum Gasteiger partial charge on any atom is -0.389 e. The van der Waals surface area contributed by atoms with Gasteiger partial charge in [0.25, 0.3) is 0 Å². The normalized spacial score (nSPS) is 49.2. The highest BCUT2D eigenvalue weighted by atomic mass is 32.2. The van der Waals surface area contributed by atoms with E-state index in [0.717, 1.165) is 0 Å². The Balaban J connectivity index is 2.52. The topological polar surface area (TPSA) is 60.7 Å². The van der Waals surface area contributed by atoms with Gasteiger partial charge in [0.2, 0.25) is 0 Å². The number of aliphatic hydroxyl groups is 3. The Morgan fingerprint density at radius 1 is 1.20 bits per heavy atom. The third-order valence-electron chi connectivity index (χ3n) is 1.47. The molecule has 1 aliphatic heterocycles. The summed E-state index contributed by atoms with van der Waals surface area (Å²) in [4.78, 5) is 0. The number of thiol groups is 1. The number of rotatable bonds is 0. The molecule has 0 radical (unpaired) electrons. The van der Waals surface area contributed by atoms with Gasteiger partial charge in [-0.2, -0.15) is 12.6 Å². The van der Waals surface area contributed by atoms with Crippen LogP contribution in [0.15, 0.2) is 0 Å². The first-order valence-electron chi connectivity index (χ1n) is 2.97. The largest absolute Gasteiger partial charge is 0.389 e. The fourth-order valence-corrected chi connectivity index (χ4v) is 2.17. The molecule has 0 saturated carbocycles. The lowest BCUT2D eigenvalue weighted by Crippen LogP contribution is -2.47. The minimum atomic E-state index is -1.04. The molecule has 4 atom stereocenters. The smallest absolute Gasteiger partial charge is 0.108 e. The van der Waals surface area contributed by atoms with Crippen LogP contribution in [-0.2, 0) is 0 Å². The Morgan fingerprint density at radius 3 is 2.30 bits per heavy atom. The fraction of sp³-hybridized carbons (Fsp3) is 1.00. The third kappa shape index (κ3) is 1.60. The Hall–Kier alpha value is 0.580. The molecule has 10 heavy (non-hydrogen) atoms. The predicted octanol–water partition coefficient (Wildman–Crippen LogP) is -0.928. The van der Waals surface area contributed by atoms with E-state index in [1.54, 1.807) is 0 Å². The number of thioether (sulfide) groups is 1. The zero-order valence-corrected chi connectivity index (χ0v) is 6.92. The monoisotopic (exact) mass is 182 g/mol. The van der Waals surface area contributed by atoms with Crippen molar-refractivity contribution < 1.29 is 15.3 Å². The number of hydrogen-bond acceptors (Lipinski definition) is 5. The van der Waals surface area contributed by atoms with Crippen LogP contribution < -0.4 is 0 Å². The summed E-state index contributed by atoms with van der Waals surface area (Å²) >= 11 is 5.34. The Bertz CT molecular complexity index is 107. The SMILES string of the molecule is O[C@H]1[C@H](O)[C@@H](S)SC[C@H]1O. The molecular weight excluding hydrogens is 172 g/mol. The van der Waals surface area contributed by atoms with E-state index in [2.05, 4.69) is 12.6 Å². The first-order chi connectivity index (χ1) is 4.63. The Labute approximate surface area is 68.9 Å². The maximum Gasteiger partial charge on any atom is 0.108 e. The molecule has 1 heterocycles. The zero-order valence-electron chi connectivity index (χ0n) is 5.21. The molecular formula is C5H10O3S2. The van der Waals surface area contributed by atoms with E-state index >= 15 is 0 Å². The molecule has 0 aromatic heterocycles. The highest BCUT2D eigenvalue weighted by molar-refractivity contribution is 8.10. The van der Waals surface area contributed by atoms with Crippen molar-refractivity contribution in [3.8, 4) is 0 Å². The molecule has 3 N–H and O–H groups in total. The van der Waals surface area contributed by atoms with Crippen LogP contribution in [0.5, 0.6) is 0 Å². The highest BCUT2D eigenvalue weighted by Crippen LogP contribution is 2.28. The molecule has 0 spiro atoms. The lowest BCUT2D eigenvalue weighted by atomic mass is 10.1. The van der Waals surface area contributed by atoms with Crippen LogP contribution in [0.4, 0.5) is 0 Å². The van der Waals surface area contributed by atoms with Crippen molar-refractivity contribution >= 4 is 24.4 Å².